The Labute approximate surface area is 141 Å². The molecule has 0 amide bonds. The van der Waals surface area contributed by atoms with E-state index < -0.39 is 5.60 Å². The van der Waals surface area contributed by atoms with Crippen LogP contribution < -0.4 is 0 Å². The first-order valence-electron chi connectivity index (χ1n) is 8.85. The molecule has 0 bridgehead atoms. The average Bonchev–Trinajstić information content (AvgIpc) is 3.21. The lowest BCUT2D eigenvalue weighted by atomic mass is 9.91. The molecule has 3 heterocycles. The van der Waals surface area contributed by atoms with Crippen LogP contribution in [0.25, 0.3) is 16.8 Å². The van der Waals surface area contributed by atoms with E-state index in [-0.39, 0.29) is 0 Å². The summed E-state index contributed by atoms with van der Waals surface area (Å²) in [5.41, 5.74) is 2.09. The molecule has 0 unspecified atom stereocenters. The van der Waals surface area contributed by atoms with E-state index in [1.807, 2.05) is 26.1 Å². The summed E-state index contributed by atoms with van der Waals surface area (Å²) >= 11 is 0. The summed E-state index contributed by atoms with van der Waals surface area (Å²) in [5, 5.41) is 19.1. The van der Waals surface area contributed by atoms with Crippen molar-refractivity contribution in [1.29, 1.82) is 0 Å². The van der Waals surface area contributed by atoms with E-state index in [4.69, 9.17) is 0 Å². The van der Waals surface area contributed by atoms with Crippen LogP contribution in [0, 0.1) is 11.8 Å². The van der Waals surface area contributed by atoms with Gasteiger partial charge in [-0.05, 0) is 51.0 Å². The molecule has 1 saturated carbocycles. The van der Waals surface area contributed by atoms with E-state index in [0.717, 1.165) is 48.3 Å². The van der Waals surface area contributed by atoms with Crippen molar-refractivity contribution in [3.05, 3.63) is 24.3 Å². The van der Waals surface area contributed by atoms with Crippen molar-refractivity contribution in [1.82, 2.24) is 24.6 Å². The highest BCUT2D eigenvalue weighted by molar-refractivity contribution is 5.74. The summed E-state index contributed by atoms with van der Waals surface area (Å²) in [4.78, 5) is 7.56. The van der Waals surface area contributed by atoms with E-state index in [2.05, 4.69) is 31.5 Å². The second-order valence-electron chi connectivity index (χ2n) is 7.85. The Hall–Kier alpha value is -1.95. The van der Waals surface area contributed by atoms with E-state index in [0.29, 0.717) is 17.8 Å². The van der Waals surface area contributed by atoms with Crippen LogP contribution in [0.1, 0.15) is 58.2 Å². The molecule has 1 aliphatic rings. The quantitative estimate of drug-likeness (QED) is 0.770. The van der Waals surface area contributed by atoms with Gasteiger partial charge in [0.1, 0.15) is 5.82 Å². The normalized spacial score (nSPS) is 25.1. The van der Waals surface area contributed by atoms with E-state index in [1.165, 1.54) is 0 Å². The fraction of sp³-hybridized carbons (Fsp3) is 0.611. The molecular weight excluding hydrogens is 302 g/mol. The van der Waals surface area contributed by atoms with Crippen LogP contribution in [0.15, 0.2) is 18.5 Å². The first-order chi connectivity index (χ1) is 11.5. The van der Waals surface area contributed by atoms with Crippen LogP contribution in [0.3, 0.4) is 0 Å². The van der Waals surface area contributed by atoms with Gasteiger partial charge >= 0.3 is 0 Å². The molecule has 1 fully saturated rings. The molecule has 128 valence electrons. The van der Waals surface area contributed by atoms with Gasteiger partial charge in [0.15, 0.2) is 11.3 Å². The molecule has 0 spiro atoms. The molecule has 2 N–H and O–H groups in total. The molecule has 6 heteroatoms. The molecule has 0 aliphatic heterocycles. The molecule has 0 saturated heterocycles. The lowest BCUT2D eigenvalue weighted by Gasteiger charge is -2.21. The first kappa shape index (κ1) is 15.6. The summed E-state index contributed by atoms with van der Waals surface area (Å²) in [6, 6.07) is 2.03. The SMILES string of the molecule is CC[C@@H]1C[C@H](CC(C)(C)O)C[C@@H]1c1nnc2cnc3[nH]ccc3n12. The van der Waals surface area contributed by atoms with Crippen molar-refractivity contribution in [2.24, 2.45) is 11.8 Å². The molecule has 1 aliphatic carbocycles. The number of hydrogen-bond acceptors (Lipinski definition) is 4. The molecule has 0 radical (unpaired) electrons. The van der Waals surface area contributed by atoms with Gasteiger partial charge in [-0.25, -0.2) is 4.98 Å². The lowest BCUT2D eigenvalue weighted by Crippen LogP contribution is -2.22. The zero-order valence-corrected chi connectivity index (χ0v) is 14.5. The number of fused-ring (bicyclic) bond motifs is 3. The minimum atomic E-state index is -0.609. The van der Waals surface area contributed by atoms with Gasteiger partial charge in [-0.15, -0.1) is 10.2 Å². The van der Waals surface area contributed by atoms with Gasteiger partial charge in [0.05, 0.1) is 17.3 Å². The zero-order valence-electron chi connectivity index (χ0n) is 14.5. The second kappa shape index (κ2) is 5.55. The largest absolute Gasteiger partial charge is 0.390 e. The standard InChI is InChI=1S/C18H25N5O/c1-4-12-7-11(9-18(2,3)24)8-13(12)17-22-21-15-10-20-16-14(23(15)17)5-6-19-16/h5-6,10-13,19,24H,4,7-9H2,1-3H3/t11-,12+,13-/m0/s1. The van der Waals surface area contributed by atoms with E-state index in [9.17, 15) is 5.11 Å². The van der Waals surface area contributed by atoms with Crippen LogP contribution in [0.2, 0.25) is 0 Å². The molecule has 4 rings (SSSR count). The maximum Gasteiger partial charge on any atom is 0.179 e. The molecule has 3 aromatic heterocycles. The van der Waals surface area contributed by atoms with Crippen molar-refractivity contribution < 1.29 is 5.11 Å². The highest BCUT2D eigenvalue weighted by Gasteiger charge is 2.38. The Morgan fingerprint density at radius 1 is 1.33 bits per heavy atom. The highest BCUT2D eigenvalue weighted by atomic mass is 16.3. The van der Waals surface area contributed by atoms with Crippen LogP contribution >= 0.6 is 0 Å². The predicted octanol–water partition coefficient (Wildman–Crippen LogP) is 3.29. The number of nitrogens with zero attached hydrogens (tertiary/aromatic N) is 4. The molecule has 0 aromatic carbocycles. The molecule has 3 atom stereocenters. The number of aliphatic hydroxyl groups is 1. The Balaban J connectivity index is 1.74. The number of aromatic nitrogens is 5. The zero-order chi connectivity index (χ0) is 16.9. The fourth-order valence-corrected chi connectivity index (χ4v) is 4.52. The number of hydrogen-bond donors (Lipinski definition) is 2. The summed E-state index contributed by atoms with van der Waals surface area (Å²) < 4.78 is 2.15. The van der Waals surface area contributed by atoms with Gasteiger partial charge in [0.25, 0.3) is 0 Å². The van der Waals surface area contributed by atoms with Gasteiger partial charge < -0.3 is 10.1 Å². The van der Waals surface area contributed by atoms with Crippen molar-refractivity contribution in [2.75, 3.05) is 0 Å². The predicted molar refractivity (Wildman–Crippen MR) is 92.8 cm³/mol. The second-order valence-corrected chi connectivity index (χ2v) is 7.85. The fourth-order valence-electron chi connectivity index (χ4n) is 4.52. The number of nitrogens with one attached hydrogen (secondary N) is 1. The Bertz CT molecular complexity index is 859. The monoisotopic (exact) mass is 327 g/mol. The smallest absolute Gasteiger partial charge is 0.179 e. The van der Waals surface area contributed by atoms with Crippen LogP contribution in [0.5, 0.6) is 0 Å². The van der Waals surface area contributed by atoms with Crippen LogP contribution in [-0.2, 0) is 0 Å². The van der Waals surface area contributed by atoms with E-state index in [1.54, 1.807) is 6.20 Å². The van der Waals surface area contributed by atoms with Crippen molar-refractivity contribution in [3.63, 3.8) is 0 Å². The Kier molecular flexibility index (Phi) is 3.60. The summed E-state index contributed by atoms with van der Waals surface area (Å²) in [6.07, 6.45) is 7.88. The van der Waals surface area contributed by atoms with Crippen molar-refractivity contribution >= 4 is 16.8 Å². The number of aromatic amines is 1. The highest BCUT2D eigenvalue weighted by Crippen LogP contribution is 2.46. The maximum absolute atomic E-state index is 10.2. The van der Waals surface area contributed by atoms with Crippen molar-refractivity contribution in [3.8, 4) is 0 Å². The minimum absolute atomic E-state index is 0.387. The molecule has 6 nitrogen and oxygen atoms in total. The van der Waals surface area contributed by atoms with E-state index >= 15 is 0 Å². The summed E-state index contributed by atoms with van der Waals surface area (Å²) in [5.74, 6) is 2.56. The third kappa shape index (κ3) is 2.59. The van der Waals surface area contributed by atoms with Gasteiger partial charge in [-0.2, -0.15) is 0 Å². The number of H-pyrrole nitrogens is 1. The minimum Gasteiger partial charge on any atom is -0.390 e. The Morgan fingerprint density at radius 3 is 2.92 bits per heavy atom. The average molecular weight is 327 g/mol. The number of rotatable bonds is 4. The van der Waals surface area contributed by atoms with Crippen molar-refractivity contribution in [2.45, 2.75) is 58.0 Å². The van der Waals surface area contributed by atoms with Crippen LogP contribution in [0.4, 0.5) is 0 Å². The van der Waals surface area contributed by atoms with Gasteiger partial charge in [-0.3, -0.25) is 4.40 Å². The third-order valence-corrected chi connectivity index (χ3v) is 5.40. The van der Waals surface area contributed by atoms with Crippen LogP contribution in [-0.4, -0.2) is 35.3 Å². The molecule has 3 aromatic rings. The van der Waals surface area contributed by atoms with Gasteiger partial charge in [0, 0.05) is 12.1 Å². The lowest BCUT2D eigenvalue weighted by molar-refractivity contribution is 0.0527. The van der Waals surface area contributed by atoms with Gasteiger partial charge in [-0.1, -0.05) is 13.3 Å². The third-order valence-electron chi connectivity index (χ3n) is 5.40. The molecular formula is C18H25N5O. The summed E-state index contributed by atoms with van der Waals surface area (Å²) in [6.45, 7) is 6.06. The topological polar surface area (TPSA) is 79.1 Å². The summed E-state index contributed by atoms with van der Waals surface area (Å²) in [7, 11) is 0. The maximum atomic E-state index is 10.2. The Morgan fingerprint density at radius 2 is 2.17 bits per heavy atom. The first-order valence-corrected chi connectivity index (χ1v) is 8.85. The molecule has 24 heavy (non-hydrogen) atoms. The van der Waals surface area contributed by atoms with Gasteiger partial charge in [0.2, 0.25) is 0 Å².